The number of aromatic nitrogens is 5. The molecule has 0 spiro atoms. The van der Waals surface area contributed by atoms with Crippen molar-refractivity contribution in [3.63, 3.8) is 0 Å². The first-order valence-corrected chi connectivity index (χ1v) is 8.51. The van der Waals surface area contributed by atoms with Crippen LogP contribution in [0, 0.1) is 0 Å². The van der Waals surface area contributed by atoms with Crippen molar-refractivity contribution in [3.05, 3.63) is 66.0 Å². The molecule has 2 aromatic carbocycles. The smallest absolute Gasteiger partial charge is 0.304 e. The van der Waals surface area contributed by atoms with Gasteiger partial charge in [0, 0.05) is 13.1 Å². The Labute approximate surface area is 156 Å². The maximum Gasteiger partial charge on any atom is 0.304 e. The number of anilines is 1. The van der Waals surface area contributed by atoms with Gasteiger partial charge in [-0.1, -0.05) is 42.5 Å². The van der Waals surface area contributed by atoms with E-state index in [0.717, 1.165) is 22.2 Å². The minimum absolute atomic E-state index is 0.387. The lowest BCUT2D eigenvalue weighted by atomic mass is 10.2. The molecule has 0 atom stereocenters. The highest BCUT2D eigenvalue weighted by atomic mass is 16.5. The van der Waals surface area contributed by atoms with E-state index in [1.807, 2.05) is 48.5 Å². The third kappa shape index (κ3) is 3.30. The zero-order valence-corrected chi connectivity index (χ0v) is 14.8. The standard InChI is InChI=1S/C19H19N7O/c1-27-19-24-16-14(10-20)8-5-9-15(16)26(19)18-23-12-22-17(25-18)21-11-13-6-3-2-4-7-13/h2-9,12H,10-11,20H2,1H3,(H,21,22,23,25). The van der Waals surface area contributed by atoms with Gasteiger partial charge in [-0.05, 0) is 17.2 Å². The van der Waals surface area contributed by atoms with E-state index in [-0.39, 0.29) is 0 Å². The first kappa shape index (κ1) is 16.9. The molecule has 2 aromatic heterocycles. The van der Waals surface area contributed by atoms with Crippen molar-refractivity contribution in [2.45, 2.75) is 13.1 Å². The van der Waals surface area contributed by atoms with Crippen LogP contribution < -0.4 is 15.8 Å². The monoisotopic (exact) mass is 361 g/mol. The Morgan fingerprint density at radius 3 is 2.67 bits per heavy atom. The molecular weight excluding hydrogens is 342 g/mol. The van der Waals surface area contributed by atoms with Gasteiger partial charge in [0.1, 0.15) is 6.33 Å². The molecule has 0 saturated heterocycles. The SMILES string of the molecule is COc1nc2c(CN)cccc2n1-c1ncnc(NCc2ccccc2)n1. The highest BCUT2D eigenvalue weighted by molar-refractivity contribution is 5.81. The molecule has 136 valence electrons. The van der Waals surface area contributed by atoms with Crippen LogP contribution in [0.2, 0.25) is 0 Å². The van der Waals surface area contributed by atoms with Crippen LogP contribution in [0.3, 0.4) is 0 Å². The fraction of sp³-hybridized carbons (Fsp3) is 0.158. The molecule has 0 unspecified atom stereocenters. The summed E-state index contributed by atoms with van der Waals surface area (Å²) in [4.78, 5) is 17.6. The van der Waals surface area contributed by atoms with E-state index in [4.69, 9.17) is 10.5 Å². The van der Waals surface area contributed by atoms with Gasteiger partial charge in [0.2, 0.25) is 11.9 Å². The number of hydrogen-bond donors (Lipinski definition) is 2. The molecule has 0 bridgehead atoms. The Hall–Kier alpha value is -3.52. The third-order valence-electron chi connectivity index (χ3n) is 4.19. The summed E-state index contributed by atoms with van der Waals surface area (Å²) in [6.45, 7) is 1.00. The largest absolute Gasteiger partial charge is 0.468 e. The number of fused-ring (bicyclic) bond motifs is 1. The molecule has 0 aliphatic heterocycles. The van der Waals surface area contributed by atoms with Crippen LogP contribution in [0.15, 0.2) is 54.9 Å². The van der Waals surface area contributed by atoms with E-state index < -0.39 is 0 Å². The minimum Gasteiger partial charge on any atom is -0.468 e. The molecule has 0 saturated carbocycles. The summed E-state index contributed by atoms with van der Waals surface area (Å²) in [5, 5.41) is 3.21. The van der Waals surface area contributed by atoms with Crippen LogP contribution >= 0.6 is 0 Å². The number of ether oxygens (including phenoxy) is 1. The Kier molecular flexibility index (Phi) is 4.63. The summed E-state index contributed by atoms with van der Waals surface area (Å²) in [5.41, 5.74) is 9.50. The van der Waals surface area contributed by atoms with Crippen molar-refractivity contribution in [3.8, 4) is 12.0 Å². The number of benzene rings is 2. The number of nitrogens with one attached hydrogen (secondary N) is 1. The highest BCUT2D eigenvalue weighted by Crippen LogP contribution is 2.26. The average molecular weight is 361 g/mol. The Morgan fingerprint density at radius 1 is 1.04 bits per heavy atom. The molecule has 0 amide bonds. The Balaban J connectivity index is 1.71. The molecule has 3 N–H and O–H groups in total. The Morgan fingerprint density at radius 2 is 1.89 bits per heavy atom. The molecule has 2 heterocycles. The Bertz CT molecular complexity index is 1060. The number of methoxy groups -OCH3 is 1. The lowest BCUT2D eigenvalue weighted by Gasteiger charge is -2.08. The lowest BCUT2D eigenvalue weighted by molar-refractivity contribution is 0.374. The predicted molar refractivity (Wildman–Crippen MR) is 103 cm³/mol. The van der Waals surface area contributed by atoms with E-state index in [1.165, 1.54) is 6.33 Å². The molecule has 0 aliphatic rings. The van der Waals surface area contributed by atoms with Gasteiger partial charge in [-0.15, -0.1) is 0 Å². The van der Waals surface area contributed by atoms with E-state index in [1.54, 1.807) is 11.7 Å². The van der Waals surface area contributed by atoms with Crippen molar-refractivity contribution >= 4 is 17.0 Å². The van der Waals surface area contributed by atoms with Crippen molar-refractivity contribution < 1.29 is 4.74 Å². The zero-order valence-electron chi connectivity index (χ0n) is 14.8. The fourth-order valence-corrected chi connectivity index (χ4v) is 2.89. The maximum atomic E-state index is 5.83. The van der Waals surface area contributed by atoms with Gasteiger partial charge in [0.15, 0.2) is 0 Å². The number of hydrogen-bond acceptors (Lipinski definition) is 7. The molecular formula is C19H19N7O. The molecule has 4 rings (SSSR count). The number of imidazole rings is 1. The summed E-state index contributed by atoms with van der Waals surface area (Å²) in [7, 11) is 1.57. The number of nitrogens with zero attached hydrogens (tertiary/aromatic N) is 5. The second-order valence-electron chi connectivity index (χ2n) is 5.87. The summed E-state index contributed by atoms with van der Waals surface area (Å²) in [5.74, 6) is 0.900. The third-order valence-corrected chi connectivity index (χ3v) is 4.19. The average Bonchev–Trinajstić information content (AvgIpc) is 3.12. The highest BCUT2D eigenvalue weighted by Gasteiger charge is 2.17. The van der Waals surface area contributed by atoms with Crippen LogP contribution in [0.4, 0.5) is 5.95 Å². The molecule has 0 fully saturated rings. The van der Waals surface area contributed by atoms with Gasteiger partial charge >= 0.3 is 6.01 Å². The maximum absolute atomic E-state index is 5.83. The van der Waals surface area contributed by atoms with Gasteiger partial charge in [-0.3, -0.25) is 0 Å². The number of rotatable bonds is 6. The number of nitrogens with two attached hydrogens (primary N) is 1. The molecule has 0 aliphatic carbocycles. The summed E-state index contributed by atoms with van der Waals surface area (Å²) >= 11 is 0. The van der Waals surface area contributed by atoms with Crippen LogP contribution in [0.5, 0.6) is 6.01 Å². The quantitative estimate of drug-likeness (QED) is 0.543. The molecule has 8 nitrogen and oxygen atoms in total. The van der Waals surface area contributed by atoms with Crippen molar-refractivity contribution in [2.75, 3.05) is 12.4 Å². The second-order valence-corrected chi connectivity index (χ2v) is 5.87. The minimum atomic E-state index is 0.387. The lowest BCUT2D eigenvalue weighted by Crippen LogP contribution is -2.09. The van der Waals surface area contributed by atoms with E-state index in [2.05, 4.69) is 25.3 Å². The first-order chi connectivity index (χ1) is 13.3. The number of para-hydroxylation sites is 1. The van der Waals surface area contributed by atoms with Gasteiger partial charge in [-0.25, -0.2) is 14.5 Å². The first-order valence-electron chi connectivity index (χ1n) is 8.51. The predicted octanol–water partition coefficient (Wildman–Crippen LogP) is 2.29. The van der Waals surface area contributed by atoms with Gasteiger partial charge < -0.3 is 15.8 Å². The van der Waals surface area contributed by atoms with Crippen LogP contribution in [-0.4, -0.2) is 31.6 Å². The molecule has 27 heavy (non-hydrogen) atoms. The fourth-order valence-electron chi connectivity index (χ4n) is 2.89. The van der Waals surface area contributed by atoms with E-state index in [0.29, 0.717) is 31.0 Å². The van der Waals surface area contributed by atoms with Gasteiger partial charge in [0.05, 0.1) is 18.1 Å². The topological polar surface area (TPSA) is 104 Å². The van der Waals surface area contributed by atoms with Crippen molar-refractivity contribution in [1.29, 1.82) is 0 Å². The second kappa shape index (κ2) is 7.38. The van der Waals surface area contributed by atoms with Gasteiger partial charge in [-0.2, -0.15) is 9.97 Å². The van der Waals surface area contributed by atoms with Crippen LogP contribution in [-0.2, 0) is 13.1 Å². The van der Waals surface area contributed by atoms with Gasteiger partial charge in [0.25, 0.3) is 0 Å². The van der Waals surface area contributed by atoms with Crippen molar-refractivity contribution in [2.24, 2.45) is 5.73 Å². The molecule has 8 heteroatoms. The van der Waals surface area contributed by atoms with Crippen LogP contribution in [0.25, 0.3) is 17.0 Å². The zero-order chi connectivity index (χ0) is 18.6. The summed E-state index contributed by atoms with van der Waals surface area (Å²) in [6, 6.07) is 16.2. The molecule has 4 aromatic rings. The summed E-state index contributed by atoms with van der Waals surface area (Å²) < 4.78 is 7.20. The van der Waals surface area contributed by atoms with Crippen LogP contribution in [0.1, 0.15) is 11.1 Å². The molecule has 0 radical (unpaired) electrons. The van der Waals surface area contributed by atoms with E-state index >= 15 is 0 Å². The van der Waals surface area contributed by atoms with E-state index in [9.17, 15) is 0 Å². The van der Waals surface area contributed by atoms with Crippen molar-refractivity contribution in [1.82, 2.24) is 24.5 Å². The summed E-state index contributed by atoms with van der Waals surface area (Å²) in [6.07, 6.45) is 1.47. The normalized spacial score (nSPS) is 10.9.